The van der Waals surface area contributed by atoms with Gasteiger partial charge in [0.15, 0.2) is 5.65 Å². The number of pyridine rings is 3. The Morgan fingerprint density at radius 3 is 2.70 bits per heavy atom. The molecule has 0 saturated carbocycles. The van der Waals surface area contributed by atoms with Crippen molar-refractivity contribution in [3.05, 3.63) is 76.6 Å². The molecule has 0 spiro atoms. The van der Waals surface area contributed by atoms with Crippen LogP contribution in [0.5, 0.6) is 0 Å². The van der Waals surface area contributed by atoms with Gasteiger partial charge in [-0.25, -0.2) is 4.52 Å². The quantitative estimate of drug-likeness (QED) is 0.603. The van der Waals surface area contributed by atoms with Gasteiger partial charge in [-0.1, -0.05) is 0 Å². The van der Waals surface area contributed by atoms with Crippen LogP contribution < -0.4 is 10.9 Å². The Bertz CT molecular complexity index is 1220. The summed E-state index contributed by atoms with van der Waals surface area (Å²) < 4.78 is 2.95. The third kappa shape index (κ3) is 3.32. The number of rotatable bonds is 3. The zero-order valence-electron chi connectivity index (χ0n) is 14.7. The first-order valence-electron chi connectivity index (χ1n) is 8.27. The van der Waals surface area contributed by atoms with Crippen molar-refractivity contribution in [3.8, 4) is 11.1 Å². The third-order valence-corrected chi connectivity index (χ3v) is 4.13. The number of hydrogen-bond acceptors (Lipinski definition) is 5. The third-order valence-electron chi connectivity index (χ3n) is 4.13. The Morgan fingerprint density at radius 1 is 1.07 bits per heavy atom. The second-order valence-electron chi connectivity index (χ2n) is 6.16. The fourth-order valence-electron chi connectivity index (χ4n) is 2.73. The van der Waals surface area contributed by atoms with Crippen molar-refractivity contribution in [2.45, 2.75) is 6.92 Å². The van der Waals surface area contributed by atoms with Crippen molar-refractivity contribution in [3.63, 3.8) is 0 Å². The molecule has 4 rings (SSSR count). The minimum Gasteiger partial charge on any atom is -0.318 e. The predicted octanol–water partition coefficient (Wildman–Crippen LogP) is 2.05. The van der Waals surface area contributed by atoms with Crippen LogP contribution in [-0.4, -0.2) is 30.1 Å². The van der Waals surface area contributed by atoms with Crippen molar-refractivity contribution >= 4 is 17.5 Å². The normalized spacial score (nSPS) is 10.9. The number of amides is 1. The maximum absolute atomic E-state index is 12.4. The van der Waals surface area contributed by atoms with E-state index in [1.54, 1.807) is 17.8 Å². The number of nitrogens with one attached hydrogen (secondary N) is 1. The summed E-state index contributed by atoms with van der Waals surface area (Å²) in [6.07, 6.45) is 5.07. The molecule has 0 aliphatic carbocycles. The van der Waals surface area contributed by atoms with Crippen LogP contribution in [-0.2, 0) is 7.05 Å². The highest BCUT2D eigenvalue weighted by Crippen LogP contribution is 2.20. The molecule has 1 amide bonds. The number of anilines is 1. The van der Waals surface area contributed by atoms with Crippen LogP contribution in [0.1, 0.15) is 16.1 Å². The Hall–Kier alpha value is -3.81. The van der Waals surface area contributed by atoms with Crippen LogP contribution in [0.2, 0.25) is 0 Å². The van der Waals surface area contributed by atoms with E-state index in [-0.39, 0.29) is 17.4 Å². The number of hydrogen-bond donors (Lipinski definition) is 1. The lowest BCUT2D eigenvalue weighted by atomic mass is 10.1. The smallest absolute Gasteiger partial charge is 0.259 e. The molecular weight excluding hydrogens is 344 g/mol. The molecule has 1 N–H and O–H groups in total. The molecule has 0 aromatic carbocycles. The molecule has 134 valence electrons. The molecule has 8 nitrogen and oxygen atoms in total. The molecule has 4 heterocycles. The van der Waals surface area contributed by atoms with Gasteiger partial charge in [0, 0.05) is 43.0 Å². The number of aromatic nitrogens is 5. The average Bonchev–Trinajstić information content (AvgIpc) is 3.05. The molecule has 0 bridgehead atoms. The summed E-state index contributed by atoms with van der Waals surface area (Å²) in [4.78, 5) is 32.3. The molecule has 0 atom stereocenters. The first-order valence-corrected chi connectivity index (χ1v) is 8.27. The summed E-state index contributed by atoms with van der Waals surface area (Å²) in [5.74, 6) is -0.191. The molecule has 0 aliphatic heterocycles. The first kappa shape index (κ1) is 16.6. The summed E-state index contributed by atoms with van der Waals surface area (Å²) in [5.41, 5.74) is 3.70. The fraction of sp³-hybridized carbons (Fsp3) is 0.105. The van der Waals surface area contributed by atoms with Gasteiger partial charge >= 0.3 is 0 Å². The number of aryl methyl sites for hydroxylation is 2. The van der Waals surface area contributed by atoms with Gasteiger partial charge in [0.2, 0.25) is 11.5 Å². The van der Waals surface area contributed by atoms with Crippen molar-refractivity contribution in [2.24, 2.45) is 7.05 Å². The van der Waals surface area contributed by atoms with Gasteiger partial charge in [-0.2, -0.15) is 4.98 Å². The zero-order chi connectivity index (χ0) is 19.0. The summed E-state index contributed by atoms with van der Waals surface area (Å²) >= 11 is 0. The molecule has 0 saturated heterocycles. The fourth-order valence-corrected chi connectivity index (χ4v) is 2.73. The highest BCUT2D eigenvalue weighted by atomic mass is 16.2. The topological polar surface area (TPSA) is 94.2 Å². The summed E-state index contributed by atoms with van der Waals surface area (Å²) in [6, 6.07) is 10.5. The van der Waals surface area contributed by atoms with Crippen LogP contribution in [0.4, 0.5) is 5.95 Å². The number of carbonyl (C=O) groups excluding carboxylic acids is 1. The summed E-state index contributed by atoms with van der Waals surface area (Å²) in [7, 11) is 1.59. The average molecular weight is 360 g/mol. The van der Waals surface area contributed by atoms with Gasteiger partial charge in [-0.15, -0.1) is 5.10 Å². The summed E-state index contributed by atoms with van der Waals surface area (Å²) in [6.45, 7) is 1.94. The molecule has 0 radical (unpaired) electrons. The van der Waals surface area contributed by atoms with E-state index in [1.165, 1.54) is 22.9 Å². The van der Waals surface area contributed by atoms with Crippen LogP contribution in [0.3, 0.4) is 0 Å². The van der Waals surface area contributed by atoms with Crippen LogP contribution in [0.25, 0.3) is 16.8 Å². The number of nitrogens with zero attached hydrogens (tertiary/aromatic N) is 5. The SMILES string of the molecule is Cc1cc(-c2ccc3nc(NC(=O)c4ccc(=O)n(C)c4)nn3c2)ccn1. The number of fused-ring (bicyclic) bond motifs is 1. The molecule has 8 heteroatoms. The maximum Gasteiger partial charge on any atom is 0.259 e. The second-order valence-corrected chi connectivity index (χ2v) is 6.16. The van der Waals surface area contributed by atoms with E-state index in [0.29, 0.717) is 11.2 Å². The molecule has 0 fully saturated rings. The Morgan fingerprint density at radius 2 is 1.93 bits per heavy atom. The van der Waals surface area contributed by atoms with E-state index in [2.05, 4.69) is 20.4 Å². The van der Waals surface area contributed by atoms with Crippen LogP contribution in [0.15, 0.2) is 59.8 Å². The Labute approximate surface area is 154 Å². The van der Waals surface area contributed by atoms with Gasteiger partial charge in [-0.05, 0) is 42.8 Å². The van der Waals surface area contributed by atoms with Crippen molar-refractivity contribution < 1.29 is 4.79 Å². The standard InChI is InChI=1S/C19H16N6O2/c1-12-9-13(7-8-20-12)14-3-5-16-21-19(23-25(16)11-14)22-18(27)15-4-6-17(26)24(2)10-15/h3-11H,1-2H3,(H,22,23,27). The minimum atomic E-state index is -0.383. The lowest BCUT2D eigenvalue weighted by molar-refractivity contribution is 0.102. The molecule has 4 aromatic rings. The Balaban J connectivity index is 1.62. The van der Waals surface area contributed by atoms with Crippen LogP contribution >= 0.6 is 0 Å². The van der Waals surface area contributed by atoms with Gasteiger partial charge in [-0.3, -0.25) is 19.9 Å². The highest BCUT2D eigenvalue weighted by molar-refractivity contribution is 6.03. The van der Waals surface area contributed by atoms with Gasteiger partial charge in [0.1, 0.15) is 0 Å². The molecule has 0 aliphatic rings. The molecule has 27 heavy (non-hydrogen) atoms. The van der Waals surface area contributed by atoms with Crippen molar-refractivity contribution in [1.82, 2.24) is 24.1 Å². The van der Waals surface area contributed by atoms with Gasteiger partial charge < -0.3 is 4.57 Å². The van der Waals surface area contributed by atoms with Gasteiger partial charge in [0.05, 0.1) is 5.56 Å². The van der Waals surface area contributed by atoms with E-state index in [4.69, 9.17) is 0 Å². The Kier molecular flexibility index (Phi) is 4.00. The lowest BCUT2D eigenvalue weighted by Crippen LogP contribution is -2.20. The van der Waals surface area contributed by atoms with E-state index in [1.807, 2.05) is 37.4 Å². The largest absolute Gasteiger partial charge is 0.318 e. The maximum atomic E-state index is 12.4. The molecule has 0 unspecified atom stereocenters. The lowest BCUT2D eigenvalue weighted by Gasteiger charge is -2.03. The minimum absolute atomic E-state index is 0.184. The number of carbonyl (C=O) groups is 1. The van der Waals surface area contributed by atoms with Crippen molar-refractivity contribution in [1.29, 1.82) is 0 Å². The second kappa shape index (κ2) is 6.49. The van der Waals surface area contributed by atoms with Gasteiger partial charge in [0.25, 0.3) is 5.91 Å². The van der Waals surface area contributed by atoms with E-state index in [9.17, 15) is 9.59 Å². The van der Waals surface area contributed by atoms with E-state index >= 15 is 0 Å². The highest BCUT2D eigenvalue weighted by Gasteiger charge is 2.11. The van der Waals surface area contributed by atoms with Crippen molar-refractivity contribution in [2.75, 3.05) is 5.32 Å². The predicted molar refractivity (Wildman–Crippen MR) is 101 cm³/mol. The zero-order valence-corrected chi connectivity index (χ0v) is 14.7. The first-order chi connectivity index (χ1) is 13.0. The summed E-state index contributed by atoms with van der Waals surface area (Å²) in [5, 5.41) is 6.97. The molecule has 4 aromatic heterocycles. The van der Waals surface area contributed by atoms with E-state index < -0.39 is 0 Å². The molecular formula is C19H16N6O2. The van der Waals surface area contributed by atoms with E-state index in [0.717, 1.165) is 16.8 Å². The monoisotopic (exact) mass is 360 g/mol. The van der Waals surface area contributed by atoms with Crippen LogP contribution in [0, 0.1) is 6.92 Å².